The van der Waals surface area contributed by atoms with E-state index < -0.39 is 27.1 Å². The molecule has 0 fully saturated rings. The molecule has 4 aromatic rings. The van der Waals surface area contributed by atoms with E-state index in [1.165, 1.54) is 0 Å². The Hall–Kier alpha value is -2.93. The molecule has 0 radical (unpaired) electrons. The maximum absolute atomic E-state index is 13.3. The third-order valence-electron chi connectivity index (χ3n) is 3.98. The monoisotopic (exact) mass is 466 g/mol. The van der Waals surface area contributed by atoms with Crippen molar-refractivity contribution in [2.45, 2.75) is 0 Å². The van der Waals surface area contributed by atoms with E-state index in [1.54, 1.807) is 4.57 Å². The molecule has 4 rings (SSSR count). The molecule has 1 heterocycles. The van der Waals surface area contributed by atoms with Crippen molar-refractivity contribution in [3.63, 3.8) is 0 Å². The quantitative estimate of drug-likeness (QED) is 0.401. The van der Waals surface area contributed by atoms with Crippen LogP contribution in [0.4, 0.5) is 0 Å². The first-order valence-electron chi connectivity index (χ1n) is 8.39. The van der Waals surface area contributed by atoms with E-state index in [0.29, 0.717) is 11.5 Å². The molecule has 0 N–H and O–H groups in total. The van der Waals surface area contributed by atoms with Crippen LogP contribution in [-0.4, -0.2) is 9.55 Å². The average Bonchev–Trinajstić information content (AvgIpc) is 2.73. The molecule has 0 saturated carbocycles. The largest absolute Gasteiger partial charge is 0.855 e. The van der Waals surface area contributed by atoms with E-state index in [9.17, 15) is 9.90 Å². The molecule has 4 nitrogen and oxygen atoms in total. The van der Waals surface area contributed by atoms with Crippen molar-refractivity contribution in [1.82, 2.24) is 9.55 Å². The van der Waals surface area contributed by atoms with Crippen LogP contribution in [0.1, 0.15) is 0 Å². The van der Waals surface area contributed by atoms with Gasteiger partial charge in [-0.15, -0.1) is 0 Å². The zero-order chi connectivity index (χ0) is 18.6. The van der Waals surface area contributed by atoms with Gasteiger partial charge < -0.3 is 5.11 Å². The Morgan fingerprint density at radius 3 is 1.96 bits per heavy atom. The number of aromatic nitrogens is 2. The molecule has 0 bridgehead atoms. The number of para-hydroxylation sites is 1. The van der Waals surface area contributed by atoms with Crippen LogP contribution >= 0.6 is 0 Å². The second-order valence-corrected chi connectivity index (χ2v) is 8.65. The highest BCUT2D eigenvalue weighted by molar-refractivity contribution is 5.58. The summed E-state index contributed by atoms with van der Waals surface area (Å²) in [6.07, 6.45) is 0. The summed E-state index contributed by atoms with van der Waals surface area (Å²) in [5, 5.41) is 12.7. The maximum Gasteiger partial charge on any atom is 0.365 e. The second kappa shape index (κ2) is 7.75. The van der Waals surface area contributed by atoms with Crippen LogP contribution in [0.25, 0.3) is 17.1 Å². The fourth-order valence-corrected chi connectivity index (χ4v) is 4.97. The Labute approximate surface area is 167 Å². The van der Waals surface area contributed by atoms with Gasteiger partial charge in [-0.25, -0.2) is 4.98 Å². The van der Waals surface area contributed by atoms with Gasteiger partial charge in [-0.1, -0.05) is 66.7 Å². The summed E-state index contributed by atoms with van der Waals surface area (Å²) < 4.78 is 2.84. The lowest BCUT2D eigenvalue weighted by Gasteiger charge is -2.15. The normalized spacial score (nSPS) is 10.7. The minimum Gasteiger partial charge on any atom is -0.855 e. The van der Waals surface area contributed by atoms with Gasteiger partial charge in [0.05, 0.1) is 11.6 Å². The maximum atomic E-state index is 13.3. The topological polar surface area (TPSA) is 57.9 Å². The van der Waals surface area contributed by atoms with Crippen molar-refractivity contribution >= 4 is 0 Å². The highest BCUT2D eigenvalue weighted by atomic mass is 127. The Kier molecular flexibility index (Phi) is 5.02. The summed E-state index contributed by atoms with van der Waals surface area (Å²) in [5.74, 6) is -0.0553. The van der Waals surface area contributed by atoms with Crippen LogP contribution in [0.3, 0.4) is 0 Å². The van der Waals surface area contributed by atoms with E-state index >= 15 is 0 Å². The zero-order valence-corrected chi connectivity index (χ0v) is 16.4. The minimum atomic E-state index is -0.915. The molecule has 0 aliphatic rings. The Morgan fingerprint density at radius 2 is 1.33 bits per heavy atom. The molecule has 0 aliphatic heterocycles. The van der Waals surface area contributed by atoms with Gasteiger partial charge in [-0.2, -0.15) is 0 Å². The van der Waals surface area contributed by atoms with Crippen molar-refractivity contribution < 1.29 is 26.3 Å². The molecule has 0 unspecified atom stereocenters. The summed E-state index contributed by atoms with van der Waals surface area (Å²) in [4.78, 5) is 17.7. The standard InChI is InChI=1S/C22H15IN2O2/c26-21-19(23-17-12-6-2-7-13-17)22(27)25(18-14-8-3-9-15-18)20(24-21)16-10-4-1-5-11-16/h1-15H. The summed E-state index contributed by atoms with van der Waals surface area (Å²) >= 11 is -0.915. The van der Waals surface area contributed by atoms with Gasteiger partial charge in [0.15, 0.2) is 3.57 Å². The lowest BCUT2D eigenvalue weighted by molar-refractivity contribution is -0.606. The number of hydrogen-bond donors (Lipinski definition) is 0. The molecule has 0 atom stereocenters. The average molecular weight is 466 g/mol. The molecule has 1 aromatic heterocycles. The number of halogens is 1. The predicted octanol–water partition coefficient (Wildman–Crippen LogP) is 0.102. The van der Waals surface area contributed by atoms with Gasteiger partial charge in [-0.3, -0.25) is 9.36 Å². The zero-order valence-electron chi connectivity index (χ0n) is 14.2. The number of hydrogen-bond acceptors (Lipinski definition) is 3. The molecule has 0 saturated heterocycles. The highest BCUT2D eigenvalue weighted by Crippen LogP contribution is 2.20. The third kappa shape index (κ3) is 3.64. The van der Waals surface area contributed by atoms with Crippen LogP contribution in [0.5, 0.6) is 5.88 Å². The lowest BCUT2D eigenvalue weighted by Crippen LogP contribution is -3.62. The summed E-state index contributed by atoms with van der Waals surface area (Å²) in [5.41, 5.74) is 1.16. The third-order valence-corrected chi connectivity index (χ3v) is 6.79. The van der Waals surface area contributed by atoms with Gasteiger partial charge in [0.25, 0.3) is 3.57 Å². The molecule has 0 spiro atoms. The smallest absolute Gasteiger partial charge is 0.365 e. The van der Waals surface area contributed by atoms with Crippen LogP contribution in [0.15, 0.2) is 95.8 Å². The molecule has 3 aromatic carbocycles. The Bertz CT molecular complexity index is 1110. The number of benzene rings is 3. The number of rotatable bonds is 4. The van der Waals surface area contributed by atoms with Crippen LogP contribution in [0.2, 0.25) is 0 Å². The van der Waals surface area contributed by atoms with Crippen molar-refractivity contribution in [2.75, 3.05) is 0 Å². The van der Waals surface area contributed by atoms with Crippen molar-refractivity contribution in [3.8, 4) is 23.0 Å². The van der Waals surface area contributed by atoms with E-state index in [0.717, 1.165) is 9.13 Å². The molecular weight excluding hydrogens is 451 g/mol. The first kappa shape index (κ1) is 17.5. The summed E-state index contributed by atoms with van der Waals surface area (Å²) in [6, 6.07) is 28.3. The van der Waals surface area contributed by atoms with E-state index in [2.05, 4.69) is 4.98 Å². The fourth-order valence-electron chi connectivity index (χ4n) is 2.75. The van der Waals surface area contributed by atoms with Gasteiger partial charge in [0.1, 0.15) is 5.82 Å². The molecule has 132 valence electrons. The van der Waals surface area contributed by atoms with Crippen molar-refractivity contribution in [1.29, 1.82) is 0 Å². The van der Waals surface area contributed by atoms with Crippen LogP contribution in [-0.2, 0) is 0 Å². The Balaban J connectivity index is 1.95. The predicted molar refractivity (Wildman–Crippen MR) is 98.6 cm³/mol. The van der Waals surface area contributed by atoms with Gasteiger partial charge in [0, 0.05) is 5.56 Å². The molecule has 27 heavy (non-hydrogen) atoms. The Morgan fingerprint density at radius 1 is 0.778 bits per heavy atom. The molecular formula is C22H15IN2O2. The highest BCUT2D eigenvalue weighted by Gasteiger charge is 2.26. The molecule has 0 aliphatic carbocycles. The van der Waals surface area contributed by atoms with Crippen molar-refractivity contribution in [3.05, 3.63) is 108 Å². The lowest BCUT2D eigenvalue weighted by atomic mass is 10.2. The van der Waals surface area contributed by atoms with Crippen LogP contribution < -0.4 is 31.9 Å². The summed E-state index contributed by atoms with van der Waals surface area (Å²) in [6.45, 7) is 0. The minimum absolute atomic E-state index is 0.281. The van der Waals surface area contributed by atoms with Gasteiger partial charge >= 0.3 is 26.8 Å². The second-order valence-electron chi connectivity index (χ2n) is 5.79. The SMILES string of the molecule is O=c1c([I+]c2ccccc2)c([O-])nc(-c2ccccc2)n1-c1ccccc1. The fraction of sp³-hybridized carbons (Fsp3) is 0. The van der Waals surface area contributed by atoms with E-state index in [-0.39, 0.29) is 9.13 Å². The van der Waals surface area contributed by atoms with Crippen LogP contribution in [0, 0.1) is 7.14 Å². The first-order chi connectivity index (χ1) is 13.2. The molecule has 5 heteroatoms. The van der Waals surface area contributed by atoms with E-state index in [4.69, 9.17) is 0 Å². The van der Waals surface area contributed by atoms with Gasteiger partial charge in [-0.05, 0) is 24.3 Å². The molecule has 0 amide bonds. The van der Waals surface area contributed by atoms with Crippen molar-refractivity contribution in [2.24, 2.45) is 0 Å². The summed E-state index contributed by atoms with van der Waals surface area (Å²) in [7, 11) is 0. The van der Waals surface area contributed by atoms with E-state index in [1.807, 2.05) is 91.0 Å². The number of nitrogens with zero attached hydrogens (tertiary/aromatic N) is 2. The first-order valence-corrected chi connectivity index (χ1v) is 10.5. The van der Waals surface area contributed by atoms with Gasteiger partial charge in [0.2, 0.25) is 0 Å².